The van der Waals surface area contributed by atoms with Gasteiger partial charge in [0.05, 0.1) is 12.5 Å². The zero-order valence-electron chi connectivity index (χ0n) is 19.0. The van der Waals surface area contributed by atoms with E-state index in [1.165, 1.54) is 5.57 Å². The normalized spacial score (nSPS) is 40.5. The van der Waals surface area contributed by atoms with Crippen LogP contribution in [0.3, 0.4) is 0 Å². The molecular weight excluding hydrogens is 412 g/mol. The summed E-state index contributed by atoms with van der Waals surface area (Å²) in [5.74, 6) is -1.29. The number of aliphatic hydroxyl groups is 1. The first-order valence-corrected chi connectivity index (χ1v) is 11.9. The molecule has 176 valence electrons. The number of fused-ring (bicyclic) bond motifs is 5. The van der Waals surface area contributed by atoms with Crippen molar-refractivity contribution in [2.24, 2.45) is 34.5 Å². The van der Waals surface area contributed by atoms with Crippen molar-refractivity contribution in [2.75, 3.05) is 6.61 Å². The minimum Gasteiger partial charge on any atom is -0.481 e. The number of ether oxygens (including phenoxy) is 1. The van der Waals surface area contributed by atoms with Crippen LogP contribution in [0, 0.1) is 34.5 Å². The van der Waals surface area contributed by atoms with Crippen molar-refractivity contribution < 1.29 is 34.1 Å². The summed E-state index contributed by atoms with van der Waals surface area (Å²) < 4.78 is 4.92. The number of carbonyl (C=O) groups is 4. The molecule has 7 nitrogen and oxygen atoms in total. The molecule has 2 N–H and O–H groups in total. The molecule has 0 radical (unpaired) electrons. The lowest BCUT2D eigenvalue weighted by molar-refractivity contribution is -0.152. The first kappa shape index (κ1) is 23.1. The molecule has 0 aliphatic heterocycles. The van der Waals surface area contributed by atoms with Gasteiger partial charge in [-0.1, -0.05) is 19.4 Å². The summed E-state index contributed by atoms with van der Waals surface area (Å²) in [6, 6.07) is 0. The lowest BCUT2D eigenvalue weighted by Crippen LogP contribution is -2.57. The van der Waals surface area contributed by atoms with Crippen molar-refractivity contribution in [1.29, 1.82) is 0 Å². The van der Waals surface area contributed by atoms with Crippen molar-refractivity contribution in [3.8, 4) is 0 Å². The predicted octanol–water partition coefficient (Wildman–Crippen LogP) is 3.08. The van der Waals surface area contributed by atoms with Gasteiger partial charge in [0.1, 0.15) is 18.8 Å². The number of aliphatic carboxylic acids is 1. The Morgan fingerprint density at radius 3 is 2.62 bits per heavy atom. The van der Waals surface area contributed by atoms with Crippen molar-refractivity contribution in [2.45, 2.75) is 77.7 Å². The fraction of sp³-hybridized carbons (Fsp3) is 0.760. The van der Waals surface area contributed by atoms with E-state index in [-0.39, 0.29) is 53.7 Å². The summed E-state index contributed by atoms with van der Waals surface area (Å²) in [6.07, 6.45) is 5.90. The Balaban J connectivity index is 1.49. The number of Topliss-reactive ketones (excluding diaryl/α,β-unsaturated/α-hetero) is 1. The number of hydrogen-bond acceptors (Lipinski definition) is 6. The molecule has 7 heteroatoms. The largest absolute Gasteiger partial charge is 0.481 e. The van der Waals surface area contributed by atoms with E-state index in [0.29, 0.717) is 31.1 Å². The maximum absolute atomic E-state index is 13.1. The quantitative estimate of drug-likeness (QED) is 0.475. The second kappa shape index (κ2) is 8.40. The van der Waals surface area contributed by atoms with Gasteiger partial charge in [0.15, 0.2) is 5.78 Å². The maximum atomic E-state index is 13.1. The molecule has 0 bridgehead atoms. The summed E-state index contributed by atoms with van der Waals surface area (Å²) in [4.78, 5) is 47.7. The molecule has 0 aromatic carbocycles. The van der Waals surface area contributed by atoms with Gasteiger partial charge in [0, 0.05) is 12.3 Å². The van der Waals surface area contributed by atoms with Gasteiger partial charge in [-0.15, -0.1) is 0 Å². The minimum atomic E-state index is -1.05. The lowest BCUT2D eigenvalue weighted by Gasteiger charge is -2.59. The van der Waals surface area contributed by atoms with Crippen molar-refractivity contribution in [1.82, 2.24) is 0 Å². The van der Waals surface area contributed by atoms with Gasteiger partial charge in [0.2, 0.25) is 0 Å². The van der Waals surface area contributed by atoms with Crippen LogP contribution in [-0.2, 0) is 23.9 Å². The highest BCUT2D eigenvalue weighted by molar-refractivity contribution is 5.97. The summed E-state index contributed by atoms with van der Waals surface area (Å²) in [7, 11) is 0. The number of hydrogen-bond donors (Lipinski definition) is 2. The Bertz CT molecular complexity index is 860. The van der Waals surface area contributed by atoms with Crippen LogP contribution in [0.4, 0.5) is 0 Å². The first-order chi connectivity index (χ1) is 15.1. The van der Waals surface area contributed by atoms with Crippen LogP contribution >= 0.6 is 0 Å². The molecule has 3 fully saturated rings. The molecule has 4 aliphatic carbocycles. The molecule has 32 heavy (non-hydrogen) atoms. The summed E-state index contributed by atoms with van der Waals surface area (Å²) in [5.41, 5.74) is 0.668. The molecule has 4 aliphatic rings. The third kappa shape index (κ3) is 3.82. The molecule has 0 unspecified atom stereocenters. The zero-order chi connectivity index (χ0) is 23.3. The summed E-state index contributed by atoms with van der Waals surface area (Å²) in [6.45, 7) is 4.07. The van der Waals surface area contributed by atoms with Crippen LogP contribution in [-0.4, -0.2) is 46.4 Å². The number of carboxylic acid groups (broad SMARTS) is 1. The highest BCUT2D eigenvalue weighted by Gasteiger charge is 2.62. The van der Waals surface area contributed by atoms with E-state index in [1.807, 2.05) is 6.08 Å². The Morgan fingerprint density at radius 2 is 1.91 bits per heavy atom. The van der Waals surface area contributed by atoms with Gasteiger partial charge in [-0.25, -0.2) is 0 Å². The molecule has 0 heterocycles. The second-order valence-corrected chi connectivity index (χ2v) is 10.8. The Morgan fingerprint density at radius 1 is 1.16 bits per heavy atom. The molecule has 0 saturated heterocycles. The van der Waals surface area contributed by atoms with Crippen molar-refractivity contribution >= 4 is 23.5 Å². The average molecular weight is 447 g/mol. The first-order valence-electron chi connectivity index (χ1n) is 11.9. The molecule has 0 spiro atoms. The smallest absolute Gasteiger partial charge is 0.313 e. The lowest BCUT2D eigenvalue weighted by atomic mass is 9.46. The van der Waals surface area contributed by atoms with Gasteiger partial charge >= 0.3 is 11.9 Å². The van der Waals surface area contributed by atoms with E-state index < -0.39 is 18.0 Å². The predicted molar refractivity (Wildman–Crippen MR) is 114 cm³/mol. The maximum Gasteiger partial charge on any atom is 0.313 e. The van der Waals surface area contributed by atoms with Crippen molar-refractivity contribution in [3.63, 3.8) is 0 Å². The van der Waals surface area contributed by atoms with E-state index >= 15 is 0 Å². The topological polar surface area (TPSA) is 118 Å². The van der Waals surface area contributed by atoms with Gasteiger partial charge < -0.3 is 14.9 Å². The fourth-order valence-electron chi connectivity index (χ4n) is 7.78. The number of rotatable bonds is 6. The second-order valence-electron chi connectivity index (χ2n) is 10.8. The number of aliphatic hydroxyl groups excluding tert-OH is 1. The summed E-state index contributed by atoms with van der Waals surface area (Å²) in [5, 5.41) is 20.0. The number of carbonyl (C=O) groups excluding carboxylic acids is 3. The Hall–Kier alpha value is -2.02. The van der Waals surface area contributed by atoms with Gasteiger partial charge in [-0.05, 0) is 73.2 Å². The van der Waals surface area contributed by atoms with Crippen LogP contribution in [0.25, 0.3) is 0 Å². The molecule has 0 amide bonds. The molecule has 0 aromatic rings. The average Bonchev–Trinajstić information content (AvgIpc) is 3.04. The third-order valence-corrected chi connectivity index (χ3v) is 9.18. The van der Waals surface area contributed by atoms with E-state index in [4.69, 9.17) is 9.84 Å². The third-order valence-electron chi connectivity index (χ3n) is 9.18. The number of allylic oxidation sites excluding steroid dienone is 1. The van der Waals surface area contributed by atoms with Crippen molar-refractivity contribution in [3.05, 3.63) is 11.6 Å². The van der Waals surface area contributed by atoms with E-state index in [0.717, 1.165) is 25.7 Å². The highest BCUT2D eigenvalue weighted by Crippen LogP contribution is 2.66. The van der Waals surface area contributed by atoms with E-state index in [1.54, 1.807) is 0 Å². The zero-order valence-corrected chi connectivity index (χ0v) is 19.0. The van der Waals surface area contributed by atoms with Gasteiger partial charge in [-0.2, -0.15) is 0 Å². The Labute approximate surface area is 188 Å². The summed E-state index contributed by atoms with van der Waals surface area (Å²) >= 11 is 0. The molecule has 3 saturated carbocycles. The van der Waals surface area contributed by atoms with E-state index in [9.17, 15) is 24.3 Å². The Kier molecular flexibility index (Phi) is 6.07. The molecule has 7 atom stereocenters. The molecule has 4 rings (SSSR count). The fourth-order valence-corrected chi connectivity index (χ4v) is 7.78. The molecular formula is C25H34O7. The number of carboxylic acids is 1. The van der Waals surface area contributed by atoms with Gasteiger partial charge in [-0.3, -0.25) is 19.2 Å². The van der Waals surface area contributed by atoms with Crippen LogP contribution in [0.5, 0.6) is 0 Å². The van der Waals surface area contributed by atoms with Crippen LogP contribution in [0.1, 0.15) is 71.6 Å². The van der Waals surface area contributed by atoms with Crippen LogP contribution in [0.2, 0.25) is 0 Å². The monoisotopic (exact) mass is 446 g/mol. The van der Waals surface area contributed by atoms with Crippen LogP contribution < -0.4 is 0 Å². The van der Waals surface area contributed by atoms with E-state index in [2.05, 4.69) is 13.8 Å². The van der Waals surface area contributed by atoms with Gasteiger partial charge in [0.25, 0.3) is 0 Å². The standard InChI is InChI=1S/C25H34O7/c1-24-9-7-15(26)11-14(24)3-4-16-17-5-6-18(25(17,2)13-20(28)23(16)24)19(27)12-22(31)32-10-8-21(29)30/h11,16-18,20,23,28H,3-10,12-13H2,1-2H3,(H,29,30)/t16-,17-,18+,20+,23+,24+,25+/m1/s1. The minimum absolute atomic E-state index is 0.100. The highest BCUT2D eigenvalue weighted by atomic mass is 16.5. The SMILES string of the molecule is C[C@]12C[C@H](O)[C@@H]3[C@H](CCC4=CC(=O)CC[C@@]43C)[C@H]1CC[C@H]2C(=O)CC(=O)OCCC(=O)O. The number of ketones is 2. The van der Waals surface area contributed by atoms with Crippen LogP contribution in [0.15, 0.2) is 11.6 Å². The molecule has 0 aromatic heterocycles. The number of esters is 1.